The van der Waals surface area contributed by atoms with Crippen molar-refractivity contribution in [3.8, 4) is 0 Å². The zero-order valence-corrected chi connectivity index (χ0v) is 11.9. The fourth-order valence-electron chi connectivity index (χ4n) is 1.39. The molecule has 1 N–H and O–H groups in total. The van der Waals surface area contributed by atoms with E-state index in [2.05, 4.69) is 0 Å². The van der Waals surface area contributed by atoms with Crippen LogP contribution in [0.15, 0.2) is 18.2 Å². The molecule has 0 amide bonds. The summed E-state index contributed by atoms with van der Waals surface area (Å²) in [6, 6.07) is 5.39. The van der Waals surface area contributed by atoms with Crippen molar-refractivity contribution in [1.82, 2.24) is 0 Å². The minimum absolute atomic E-state index is 0.0791. The van der Waals surface area contributed by atoms with Crippen LogP contribution >= 0.6 is 35.0 Å². The van der Waals surface area contributed by atoms with Crippen LogP contribution < -0.4 is 0 Å². The average Bonchev–Trinajstić information content (AvgIpc) is 2.23. The number of carboxylic acid groups (broad SMARTS) is 1. The van der Waals surface area contributed by atoms with Gasteiger partial charge in [-0.15, -0.1) is 11.8 Å². The number of carboxylic acids is 1. The molecule has 0 spiro atoms. The second kappa shape index (κ2) is 6.53. The molecule has 0 aliphatic rings. The summed E-state index contributed by atoms with van der Waals surface area (Å²) in [7, 11) is 0. The Morgan fingerprint density at radius 3 is 2.59 bits per heavy atom. The Balaban J connectivity index is 2.72. The Hall–Kier alpha value is -0.380. The Kier molecular flexibility index (Phi) is 5.63. The van der Waals surface area contributed by atoms with E-state index in [0.717, 1.165) is 5.56 Å². The monoisotopic (exact) mass is 292 g/mol. The van der Waals surface area contributed by atoms with E-state index in [9.17, 15) is 4.79 Å². The Bertz CT molecular complexity index is 407. The van der Waals surface area contributed by atoms with Crippen molar-refractivity contribution in [2.24, 2.45) is 5.92 Å². The number of carbonyl (C=O) groups is 1. The van der Waals surface area contributed by atoms with Crippen LogP contribution in [0.25, 0.3) is 0 Å². The number of aliphatic carboxylic acids is 1. The predicted octanol–water partition coefficient (Wildman–Crippen LogP) is 4.34. The highest BCUT2D eigenvalue weighted by molar-refractivity contribution is 7.99. The van der Waals surface area contributed by atoms with Gasteiger partial charge in [-0.25, -0.2) is 0 Å². The third-order valence-electron chi connectivity index (χ3n) is 2.30. The SMILES string of the molecule is CC(C)C(SCc1cccc(Cl)c1Cl)C(=O)O. The molecule has 0 aliphatic carbocycles. The summed E-state index contributed by atoms with van der Waals surface area (Å²) in [6.45, 7) is 3.79. The molecular weight excluding hydrogens is 279 g/mol. The fraction of sp³-hybridized carbons (Fsp3) is 0.417. The van der Waals surface area contributed by atoms with Crippen LogP contribution in [0.4, 0.5) is 0 Å². The van der Waals surface area contributed by atoms with Crippen molar-refractivity contribution in [3.05, 3.63) is 33.8 Å². The zero-order valence-electron chi connectivity index (χ0n) is 9.61. The van der Waals surface area contributed by atoms with Crippen LogP contribution in [0.1, 0.15) is 19.4 Å². The molecule has 1 aromatic rings. The number of rotatable bonds is 5. The maximum absolute atomic E-state index is 11.0. The first kappa shape index (κ1) is 14.7. The van der Waals surface area contributed by atoms with E-state index in [1.165, 1.54) is 11.8 Å². The van der Waals surface area contributed by atoms with Crippen LogP contribution in [-0.2, 0) is 10.5 Å². The van der Waals surface area contributed by atoms with Gasteiger partial charge in [0.15, 0.2) is 0 Å². The summed E-state index contributed by atoms with van der Waals surface area (Å²) in [4.78, 5) is 11.0. The molecule has 0 bridgehead atoms. The van der Waals surface area contributed by atoms with Crippen molar-refractivity contribution >= 4 is 40.9 Å². The highest BCUT2D eigenvalue weighted by atomic mass is 35.5. The van der Waals surface area contributed by atoms with Gasteiger partial charge >= 0.3 is 5.97 Å². The second-order valence-electron chi connectivity index (χ2n) is 4.03. The molecule has 1 rings (SSSR count). The van der Waals surface area contributed by atoms with Crippen molar-refractivity contribution < 1.29 is 9.90 Å². The summed E-state index contributed by atoms with van der Waals surface area (Å²) >= 11 is 13.3. The molecule has 0 aliphatic heterocycles. The lowest BCUT2D eigenvalue weighted by Gasteiger charge is -2.16. The smallest absolute Gasteiger partial charge is 0.316 e. The second-order valence-corrected chi connectivity index (χ2v) is 5.94. The molecule has 1 atom stereocenters. The van der Waals surface area contributed by atoms with Gasteiger partial charge in [-0.1, -0.05) is 49.2 Å². The van der Waals surface area contributed by atoms with Gasteiger partial charge in [-0.05, 0) is 17.5 Å². The minimum Gasteiger partial charge on any atom is -0.480 e. The first-order valence-corrected chi connectivity index (χ1v) is 7.01. The summed E-state index contributed by atoms with van der Waals surface area (Å²) in [6.07, 6.45) is 0. The molecule has 17 heavy (non-hydrogen) atoms. The average molecular weight is 293 g/mol. The van der Waals surface area contributed by atoms with Gasteiger partial charge in [-0.2, -0.15) is 0 Å². The zero-order chi connectivity index (χ0) is 13.0. The molecule has 0 heterocycles. The lowest BCUT2D eigenvalue weighted by molar-refractivity contribution is -0.137. The van der Waals surface area contributed by atoms with Gasteiger partial charge in [0.2, 0.25) is 0 Å². The normalized spacial score (nSPS) is 12.8. The molecule has 5 heteroatoms. The van der Waals surface area contributed by atoms with Gasteiger partial charge in [0.05, 0.1) is 10.0 Å². The molecule has 94 valence electrons. The van der Waals surface area contributed by atoms with Crippen LogP contribution in [0.3, 0.4) is 0 Å². The van der Waals surface area contributed by atoms with Crippen molar-refractivity contribution in [3.63, 3.8) is 0 Å². The van der Waals surface area contributed by atoms with E-state index in [4.69, 9.17) is 28.3 Å². The van der Waals surface area contributed by atoms with Crippen LogP contribution in [0.5, 0.6) is 0 Å². The van der Waals surface area contributed by atoms with E-state index in [0.29, 0.717) is 15.8 Å². The van der Waals surface area contributed by atoms with Gasteiger partial charge in [0.1, 0.15) is 5.25 Å². The number of benzene rings is 1. The van der Waals surface area contributed by atoms with Crippen molar-refractivity contribution in [1.29, 1.82) is 0 Å². The fourth-order valence-corrected chi connectivity index (χ4v) is 2.98. The van der Waals surface area contributed by atoms with Crippen molar-refractivity contribution in [2.45, 2.75) is 24.9 Å². The molecule has 0 saturated carbocycles. The highest BCUT2D eigenvalue weighted by Gasteiger charge is 2.22. The van der Waals surface area contributed by atoms with E-state index >= 15 is 0 Å². The maximum Gasteiger partial charge on any atom is 0.316 e. The lowest BCUT2D eigenvalue weighted by Crippen LogP contribution is -2.22. The van der Waals surface area contributed by atoms with E-state index in [1.54, 1.807) is 6.07 Å². The third kappa shape index (κ3) is 4.09. The molecular formula is C12H14Cl2O2S. The number of thioether (sulfide) groups is 1. The molecule has 2 nitrogen and oxygen atoms in total. The largest absolute Gasteiger partial charge is 0.480 e. The number of hydrogen-bond donors (Lipinski definition) is 1. The van der Waals surface area contributed by atoms with Crippen LogP contribution in [0, 0.1) is 5.92 Å². The Morgan fingerprint density at radius 1 is 1.41 bits per heavy atom. The highest BCUT2D eigenvalue weighted by Crippen LogP contribution is 2.31. The summed E-state index contributed by atoms with van der Waals surface area (Å²) < 4.78 is 0. The summed E-state index contributed by atoms with van der Waals surface area (Å²) in [5, 5.41) is 9.65. The number of hydrogen-bond acceptors (Lipinski definition) is 2. The first-order chi connectivity index (χ1) is 7.93. The molecule has 0 radical (unpaired) electrons. The first-order valence-electron chi connectivity index (χ1n) is 5.20. The topological polar surface area (TPSA) is 37.3 Å². The molecule has 0 aromatic heterocycles. The summed E-state index contributed by atoms with van der Waals surface area (Å²) in [5.74, 6) is -0.159. The van der Waals surface area contributed by atoms with Gasteiger partial charge in [-0.3, -0.25) is 4.79 Å². The Morgan fingerprint density at radius 2 is 2.06 bits per heavy atom. The van der Waals surface area contributed by atoms with Crippen LogP contribution in [-0.4, -0.2) is 16.3 Å². The minimum atomic E-state index is -0.789. The predicted molar refractivity (Wildman–Crippen MR) is 74.0 cm³/mol. The van der Waals surface area contributed by atoms with Gasteiger partial charge in [0, 0.05) is 5.75 Å². The Labute approximate surface area is 115 Å². The lowest BCUT2D eigenvalue weighted by atomic mass is 10.1. The molecule has 0 saturated heterocycles. The maximum atomic E-state index is 11.0. The van der Waals surface area contributed by atoms with Gasteiger partial charge in [0.25, 0.3) is 0 Å². The van der Waals surface area contributed by atoms with E-state index in [-0.39, 0.29) is 5.92 Å². The molecule has 1 aromatic carbocycles. The summed E-state index contributed by atoms with van der Waals surface area (Å²) in [5.41, 5.74) is 0.871. The third-order valence-corrected chi connectivity index (χ3v) is 4.74. The van der Waals surface area contributed by atoms with E-state index in [1.807, 2.05) is 26.0 Å². The number of halogens is 2. The molecule has 0 fully saturated rings. The van der Waals surface area contributed by atoms with Crippen LogP contribution in [0.2, 0.25) is 10.0 Å². The quantitative estimate of drug-likeness (QED) is 0.877. The van der Waals surface area contributed by atoms with Crippen molar-refractivity contribution in [2.75, 3.05) is 0 Å². The standard InChI is InChI=1S/C12H14Cl2O2S/c1-7(2)11(12(15)16)17-6-8-4-3-5-9(13)10(8)14/h3-5,7,11H,6H2,1-2H3,(H,15,16). The molecule has 1 unspecified atom stereocenters. The van der Waals surface area contributed by atoms with Gasteiger partial charge < -0.3 is 5.11 Å². The van der Waals surface area contributed by atoms with E-state index < -0.39 is 11.2 Å².